The van der Waals surface area contributed by atoms with Gasteiger partial charge in [0, 0.05) is 48.1 Å². The molecule has 75 heavy (non-hydrogen) atoms. The molecule has 0 aromatic heterocycles. The third-order valence-electron chi connectivity index (χ3n) is 14.3. The van der Waals surface area contributed by atoms with Gasteiger partial charge >= 0.3 is 12.1 Å². The number of carbonyl (C=O) groups excluding carboxylic acids is 6. The number of esters is 1. The summed E-state index contributed by atoms with van der Waals surface area (Å²) in [4.78, 5) is 81.2. The van der Waals surface area contributed by atoms with Gasteiger partial charge in [0.25, 0.3) is 5.91 Å². The summed E-state index contributed by atoms with van der Waals surface area (Å²) < 4.78 is 28.6. The summed E-state index contributed by atoms with van der Waals surface area (Å²) in [6.07, 6.45) is 8.29. The second-order valence-electron chi connectivity index (χ2n) is 19.8. The molecule has 18 heteroatoms. The van der Waals surface area contributed by atoms with Crippen LogP contribution >= 0.6 is 0 Å². The van der Waals surface area contributed by atoms with Crippen molar-refractivity contribution >= 4 is 35.3 Å². The van der Waals surface area contributed by atoms with E-state index >= 15 is 0 Å². The number of hydrogen-bond acceptors (Lipinski definition) is 16. The number of amides is 2. The van der Waals surface area contributed by atoms with Crippen LogP contribution < -0.4 is 15.4 Å². The topological polar surface area (TPSA) is 274 Å². The lowest BCUT2D eigenvalue weighted by atomic mass is 9.72. The molecule has 3 aliphatic rings. The Morgan fingerprint density at radius 3 is 2.11 bits per heavy atom. The van der Waals surface area contributed by atoms with E-state index < -0.39 is 120 Å². The van der Waals surface area contributed by atoms with Gasteiger partial charge in [-0.1, -0.05) is 139 Å². The summed E-state index contributed by atoms with van der Waals surface area (Å²) in [5.41, 5.74) is -3.47. The highest BCUT2D eigenvalue weighted by atomic mass is 16.7. The Balaban J connectivity index is 1.14. The minimum Gasteiger partial charge on any atom is -0.507 e. The first-order valence-corrected chi connectivity index (χ1v) is 26.4. The zero-order valence-electron chi connectivity index (χ0n) is 43.4. The molecule has 0 spiro atoms. The van der Waals surface area contributed by atoms with Crippen molar-refractivity contribution in [2.45, 2.75) is 172 Å². The van der Waals surface area contributed by atoms with Crippen molar-refractivity contribution in [2.75, 3.05) is 26.9 Å². The van der Waals surface area contributed by atoms with Crippen molar-refractivity contribution in [3.05, 3.63) is 99.6 Å². The molecule has 7 N–H and O–H groups in total. The van der Waals surface area contributed by atoms with Crippen LogP contribution in [0.25, 0.3) is 0 Å². The predicted octanol–water partition coefficient (Wildman–Crippen LogP) is 7.38. The average Bonchev–Trinajstić information content (AvgIpc) is 3.39. The molecule has 6 rings (SSSR count). The molecular weight excluding hydrogens is 969 g/mol. The van der Waals surface area contributed by atoms with Crippen LogP contribution in [0.5, 0.6) is 17.2 Å². The van der Waals surface area contributed by atoms with E-state index in [1.54, 1.807) is 24.3 Å². The smallest absolute Gasteiger partial charge is 0.408 e. The highest BCUT2D eigenvalue weighted by molar-refractivity contribution is 6.31. The second-order valence-corrected chi connectivity index (χ2v) is 19.8. The SMILES string of the molecule is C=CCOC(=O)Cc1ccc(C(OC(=O)N[C@H]2C[C@H](O[C@H]3C[C@](O)(C(=O)CO)Cc4c(O)c5c(c(O)c43)C(=O)c3c(OC)cccc3C5=O)O[C@@H](C)[C@H]2O)C(=O)NCCCCCCCCCCCCCCCC)cc1. The van der Waals surface area contributed by atoms with Gasteiger partial charge in [0.2, 0.25) is 11.9 Å². The first-order chi connectivity index (χ1) is 36.1. The number of ether oxygens (including phenoxy) is 5. The van der Waals surface area contributed by atoms with Gasteiger partial charge in [-0.2, -0.15) is 0 Å². The molecule has 0 radical (unpaired) electrons. The van der Waals surface area contributed by atoms with E-state index in [2.05, 4.69) is 24.1 Å². The van der Waals surface area contributed by atoms with Crippen molar-refractivity contribution in [3.63, 3.8) is 0 Å². The first kappa shape index (κ1) is 58.1. The minimum absolute atomic E-state index is 0.0350. The van der Waals surface area contributed by atoms with Gasteiger partial charge < -0.3 is 59.9 Å². The van der Waals surface area contributed by atoms with Gasteiger partial charge in [-0.05, 0) is 25.0 Å². The largest absolute Gasteiger partial charge is 0.507 e. The number of fused-ring (bicyclic) bond motifs is 3. The maximum Gasteiger partial charge on any atom is 0.408 e. The van der Waals surface area contributed by atoms with Gasteiger partial charge in [-0.15, -0.1) is 0 Å². The number of aromatic hydroxyl groups is 2. The quantitative estimate of drug-likeness (QED) is 0.0127. The van der Waals surface area contributed by atoms with Crippen LogP contribution in [0.2, 0.25) is 0 Å². The van der Waals surface area contributed by atoms with E-state index in [0.717, 1.165) is 19.3 Å². The van der Waals surface area contributed by atoms with E-state index in [1.165, 1.54) is 103 Å². The fourth-order valence-electron chi connectivity index (χ4n) is 10.2. The Hall–Kier alpha value is -6.18. The molecule has 408 valence electrons. The Kier molecular flexibility index (Phi) is 21.3. The number of phenols is 2. The monoisotopic (exact) mass is 1040 g/mol. The maximum atomic E-state index is 14.1. The standard InChI is InChI=1S/C57H74N2O16/c1-5-7-8-9-10-11-12-13-14-15-16-17-18-19-27-58-55(68)54(36-25-23-35(24-26-36)29-43(62)72-28-6-2)75-56(69)59-39-30-44(73-34(3)49(39)63)74-41-32-57(70,42(61)33-60)31-38-46(41)53(67)48-47(51(38)65)50(64)37-21-20-22-40(71-4)45(37)52(48)66/h6,20-26,34,39,41,44,49,54,60,63,65,67,70H,2,5,7-19,27-33H2,1,3-4H3,(H,58,68)(H,59,69)/t34-,39-,41-,44-,49+,54?,57-/m0/s1. The van der Waals surface area contributed by atoms with Gasteiger partial charge in [0.1, 0.15) is 42.2 Å². The molecule has 2 aliphatic carbocycles. The lowest BCUT2D eigenvalue weighted by Crippen LogP contribution is -2.56. The normalized spacial score (nSPS) is 21.2. The minimum atomic E-state index is -2.41. The zero-order chi connectivity index (χ0) is 54.2. The van der Waals surface area contributed by atoms with Crippen LogP contribution in [-0.2, 0) is 46.2 Å². The summed E-state index contributed by atoms with van der Waals surface area (Å²) in [6.45, 7) is 6.51. The summed E-state index contributed by atoms with van der Waals surface area (Å²) >= 11 is 0. The molecule has 2 amide bonds. The van der Waals surface area contributed by atoms with Crippen LogP contribution in [0.1, 0.15) is 183 Å². The predicted molar refractivity (Wildman–Crippen MR) is 275 cm³/mol. The number of aliphatic hydroxyl groups is 3. The summed E-state index contributed by atoms with van der Waals surface area (Å²) in [5, 5.41) is 62.2. The van der Waals surface area contributed by atoms with E-state index in [9.17, 15) is 54.3 Å². The number of aliphatic hydroxyl groups excluding tert-OH is 2. The fraction of sp³-hybridized carbons (Fsp3) is 0.544. The highest BCUT2D eigenvalue weighted by Gasteiger charge is 2.50. The van der Waals surface area contributed by atoms with Crippen LogP contribution in [0.3, 0.4) is 0 Å². The molecule has 3 aromatic carbocycles. The van der Waals surface area contributed by atoms with Gasteiger partial charge in [-0.3, -0.25) is 24.0 Å². The molecule has 18 nitrogen and oxygen atoms in total. The van der Waals surface area contributed by atoms with E-state index in [4.69, 9.17) is 23.7 Å². The number of Topliss-reactive ketones (excluding diaryl/α,β-unsaturated/α-hetero) is 1. The number of rotatable bonds is 28. The summed E-state index contributed by atoms with van der Waals surface area (Å²) in [6, 6.07) is 9.45. The van der Waals surface area contributed by atoms with Crippen molar-refractivity contribution < 1.29 is 78.0 Å². The molecule has 1 heterocycles. The van der Waals surface area contributed by atoms with E-state index in [1.807, 2.05) is 0 Å². The zero-order valence-corrected chi connectivity index (χ0v) is 43.4. The molecular formula is C57H74N2O16. The number of alkyl carbamates (subject to hydrolysis) is 1. The fourth-order valence-corrected chi connectivity index (χ4v) is 10.2. The Labute approximate surface area is 438 Å². The van der Waals surface area contributed by atoms with Crippen molar-refractivity contribution in [1.29, 1.82) is 0 Å². The lowest BCUT2D eigenvalue weighted by molar-refractivity contribution is -0.249. The van der Waals surface area contributed by atoms with Gasteiger partial charge in [0.15, 0.2) is 17.9 Å². The molecule has 7 atom stereocenters. The number of hydrogen-bond donors (Lipinski definition) is 7. The number of ketones is 3. The van der Waals surface area contributed by atoms with Gasteiger partial charge in [-0.25, -0.2) is 4.79 Å². The Morgan fingerprint density at radius 2 is 1.49 bits per heavy atom. The van der Waals surface area contributed by atoms with Crippen molar-refractivity contribution in [3.8, 4) is 17.2 Å². The molecule has 0 bridgehead atoms. The summed E-state index contributed by atoms with van der Waals surface area (Å²) in [7, 11) is 1.30. The molecule has 3 aromatic rings. The number of methoxy groups -OCH3 is 1. The Bertz CT molecular complexity index is 2510. The Morgan fingerprint density at radius 1 is 0.867 bits per heavy atom. The molecule has 0 saturated carbocycles. The number of unbranched alkanes of at least 4 members (excludes halogenated alkanes) is 13. The van der Waals surface area contributed by atoms with Crippen LogP contribution in [-0.4, -0.2) is 118 Å². The van der Waals surface area contributed by atoms with Crippen LogP contribution in [0, 0.1) is 0 Å². The number of benzene rings is 3. The number of phenolic OH excluding ortho intramolecular Hbond substituents is 2. The van der Waals surface area contributed by atoms with E-state index in [-0.39, 0.29) is 47.5 Å². The van der Waals surface area contributed by atoms with Crippen molar-refractivity contribution in [2.24, 2.45) is 0 Å². The second kappa shape index (κ2) is 27.6. The molecule has 1 unspecified atom stereocenters. The number of nitrogens with one attached hydrogen (secondary N) is 2. The summed E-state index contributed by atoms with van der Waals surface area (Å²) in [5.74, 6) is -5.37. The maximum absolute atomic E-state index is 14.1. The number of carbonyl (C=O) groups is 6. The molecule has 1 saturated heterocycles. The highest BCUT2D eigenvalue weighted by Crippen LogP contribution is 2.52. The molecule has 1 aliphatic heterocycles. The van der Waals surface area contributed by atoms with Gasteiger partial charge in [0.05, 0.1) is 48.5 Å². The van der Waals surface area contributed by atoms with Crippen LogP contribution in [0.4, 0.5) is 4.79 Å². The average molecular weight is 1040 g/mol. The molecule has 1 fully saturated rings. The third kappa shape index (κ3) is 14.4. The van der Waals surface area contributed by atoms with Crippen molar-refractivity contribution in [1.82, 2.24) is 10.6 Å². The van der Waals surface area contributed by atoms with Crippen LogP contribution in [0.15, 0.2) is 55.1 Å². The third-order valence-corrected chi connectivity index (χ3v) is 14.3. The first-order valence-electron chi connectivity index (χ1n) is 26.4. The van der Waals surface area contributed by atoms with E-state index in [0.29, 0.717) is 24.1 Å². The lowest BCUT2D eigenvalue weighted by Gasteiger charge is -2.42.